The highest BCUT2D eigenvalue weighted by molar-refractivity contribution is 6.03. The zero-order valence-electron chi connectivity index (χ0n) is 14.2. The number of carbonyl (C=O) groups excluding carboxylic acids is 2. The minimum Gasteiger partial charge on any atom is -0.481 e. The largest absolute Gasteiger partial charge is 0.481 e. The Morgan fingerprint density at radius 2 is 1.84 bits per heavy atom. The highest BCUT2D eigenvalue weighted by Gasteiger charge is 2.20. The van der Waals surface area contributed by atoms with Crippen LogP contribution in [-0.2, 0) is 17.6 Å². The first kappa shape index (κ1) is 17.0. The first-order chi connectivity index (χ1) is 12.1. The third-order valence-electron chi connectivity index (χ3n) is 4.48. The maximum atomic E-state index is 12.5. The zero-order chi connectivity index (χ0) is 17.8. The standard InChI is InChI=1S/C20H22N2O3/c1-13(20(24)22-17-11-5-4-10-16(17)19(21)23)25-18-12-6-8-14-7-2-3-9-15(14)18/h4-6,8,10-13H,2-3,7,9H2,1H3,(H2,21,23)(H,22,24)/t13-/m0/s1. The highest BCUT2D eigenvalue weighted by atomic mass is 16.5. The van der Waals surface area contributed by atoms with Crippen LogP contribution in [0.25, 0.3) is 0 Å². The third-order valence-corrected chi connectivity index (χ3v) is 4.48. The number of hydrogen-bond acceptors (Lipinski definition) is 3. The van der Waals surface area contributed by atoms with Gasteiger partial charge in [-0.15, -0.1) is 0 Å². The average Bonchev–Trinajstić information content (AvgIpc) is 2.62. The van der Waals surface area contributed by atoms with Crippen LogP contribution in [0.3, 0.4) is 0 Å². The number of benzene rings is 2. The molecule has 5 heteroatoms. The predicted octanol–water partition coefficient (Wildman–Crippen LogP) is 3.07. The van der Waals surface area contributed by atoms with Gasteiger partial charge in [0.1, 0.15) is 5.75 Å². The second-order valence-electron chi connectivity index (χ2n) is 6.26. The van der Waals surface area contributed by atoms with Gasteiger partial charge in [0.25, 0.3) is 11.8 Å². The van der Waals surface area contributed by atoms with Crippen molar-refractivity contribution < 1.29 is 14.3 Å². The second kappa shape index (κ2) is 7.38. The van der Waals surface area contributed by atoms with Gasteiger partial charge < -0.3 is 15.8 Å². The molecule has 25 heavy (non-hydrogen) atoms. The molecule has 1 aliphatic carbocycles. The van der Waals surface area contributed by atoms with Crippen molar-refractivity contribution in [2.75, 3.05) is 5.32 Å². The number of nitrogens with one attached hydrogen (secondary N) is 1. The second-order valence-corrected chi connectivity index (χ2v) is 6.26. The van der Waals surface area contributed by atoms with E-state index >= 15 is 0 Å². The summed E-state index contributed by atoms with van der Waals surface area (Å²) in [5, 5.41) is 2.73. The number of para-hydroxylation sites is 1. The fourth-order valence-corrected chi connectivity index (χ4v) is 3.14. The van der Waals surface area contributed by atoms with Crippen LogP contribution in [0.15, 0.2) is 42.5 Å². The van der Waals surface area contributed by atoms with Crippen molar-refractivity contribution in [3.8, 4) is 5.75 Å². The van der Waals surface area contributed by atoms with Crippen molar-refractivity contribution >= 4 is 17.5 Å². The average molecular weight is 338 g/mol. The summed E-state index contributed by atoms with van der Waals surface area (Å²) in [5.74, 6) is -0.133. The summed E-state index contributed by atoms with van der Waals surface area (Å²) in [6.07, 6.45) is 3.68. The Labute approximate surface area is 147 Å². The molecule has 0 fully saturated rings. The molecular formula is C20H22N2O3. The molecule has 0 unspecified atom stereocenters. The minimum absolute atomic E-state index is 0.278. The molecule has 0 aromatic heterocycles. The molecule has 130 valence electrons. The molecule has 0 saturated heterocycles. The van der Waals surface area contributed by atoms with Gasteiger partial charge in [0.2, 0.25) is 0 Å². The Hall–Kier alpha value is -2.82. The lowest BCUT2D eigenvalue weighted by Crippen LogP contribution is -2.31. The summed E-state index contributed by atoms with van der Waals surface area (Å²) in [6.45, 7) is 1.70. The van der Waals surface area contributed by atoms with Gasteiger partial charge >= 0.3 is 0 Å². The van der Waals surface area contributed by atoms with Crippen molar-refractivity contribution in [2.24, 2.45) is 5.73 Å². The Balaban J connectivity index is 1.73. The van der Waals surface area contributed by atoms with Crippen LogP contribution >= 0.6 is 0 Å². The fraction of sp³-hybridized carbons (Fsp3) is 0.300. The van der Waals surface area contributed by atoms with E-state index in [9.17, 15) is 9.59 Å². The molecule has 0 aliphatic heterocycles. The van der Waals surface area contributed by atoms with Gasteiger partial charge in [-0.25, -0.2) is 0 Å². The lowest BCUT2D eigenvalue weighted by Gasteiger charge is -2.22. The Kier molecular flexibility index (Phi) is 5.03. The molecule has 0 spiro atoms. The molecule has 0 saturated carbocycles. The van der Waals surface area contributed by atoms with Crippen LogP contribution < -0.4 is 15.8 Å². The van der Waals surface area contributed by atoms with E-state index in [0.717, 1.165) is 25.0 Å². The number of aryl methyl sites for hydroxylation is 1. The smallest absolute Gasteiger partial charge is 0.265 e. The number of nitrogens with two attached hydrogens (primary N) is 1. The third kappa shape index (κ3) is 3.82. The molecule has 0 radical (unpaired) electrons. The molecule has 1 atom stereocenters. The van der Waals surface area contributed by atoms with E-state index in [1.54, 1.807) is 31.2 Å². The van der Waals surface area contributed by atoms with Crippen molar-refractivity contribution in [3.63, 3.8) is 0 Å². The van der Waals surface area contributed by atoms with Crippen molar-refractivity contribution in [3.05, 3.63) is 59.2 Å². The minimum atomic E-state index is -0.686. The number of fused-ring (bicyclic) bond motifs is 1. The van der Waals surface area contributed by atoms with Crippen LogP contribution in [0.1, 0.15) is 41.3 Å². The van der Waals surface area contributed by atoms with Gasteiger partial charge in [0.15, 0.2) is 6.10 Å². The van der Waals surface area contributed by atoms with Crippen LogP contribution in [-0.4, -0.2) is 17.9 Å². The van der Waals surface area contributed by atoms with Gasteiger partial charge in [-0.1, -0.05) is 24.3 Å². The predicted molar refractivity (Wildman–Crippen MR) is 96.8 cm³/mol. The van der Waals surface area contributed by atoms with E-state index < -0.39 is 12.0 Å². The summed E-state index contributed by atoms with van der Waals surface area (Å²) in [4.78, 5) is 23.9. The van der Waals surface area contributed by atoms with Gasteiger partial charge in [-0.05, 0) is 61.9 Å². The normalized spacial score (nSPS) is 14.3. The zero-order valence-corrected chi connectivity index (χ0v) is 14.2. The Bertz CT molecular complexity index is 801. The first-order valence-electron chi connectivity index (χ1n) is 8.53. The molecule has 2 aromatic carbocycles. The molecule has 0 heterocycles. The highest BCUT2D eigenvalue weighted by Crippen LogP contribution is 2.30. The number of primary amides is 1. The van der Waals surface area contributed by atoms with Gasteiger partial charge in [-0.3, -0.25) is 9.59 Å². The monoisotopic (exact) mass is 338 g/mol. The van der Waals surface area contributed by atoms with Crippen molar-refractivity contribution in [2.45, 2.75) is 38.7 Å². The number of carbonyl (C=O) groups is 2. The molecule has 3 rings (SSSR count). The van der Waals surface area contributed by atoms with Gasteiger partial charge in [0, 0.05) is 0 Å². The SMILES string of the molecule is C[C@H](Oc1cccc2c1CCCC2)C(=O)Nc1ccccc1C(N)=O. The number of anilines is 1. The number of ether oxygens (including phenoxy) is 1. The molecule has 1 aliphatic rings. The molecule has 2 aromatic rings. The molecular weight excluding hydrogens is 316 g/mol. The molecule has 0 bridgehead atoms. The Morgan fingerprint density at radius 1 is 1.08 bits per heavy atom. The maximum absolute atomic E-state index is 12.5. The van der Waals surface area contributed by atoms with Crippen LogP contribution in [0, 0.1) is 0 Å². The Morgan fingerprint density at radius 3 is 2.64 bits per heavy atom. The number of rotatable bonds is 5. The van der Waals surface area contributed by atoms with E-state index in [4.69, 9.17) is 10.5 Å². The summed E-state index contributed by atoms with van der Waals surface area (Å²) in [7, 11) is 0. The van der Waals surface area contributed by atoms with Crippen LogP contribution in [0.2, 0.25) is 0 Å². The van der Waals surface area contributed by atoms with Gasteiger partial charge in [0.05, 0.1) is 11.3 Å². The van der Waals surface area contributed by atoms with E-state index in [1.807, 2.05) is 12.1 Å². The van der Waals surface area contributed by atoms with E-state index in [-0.39, 0.29) is 11.5 Å². The summed E-state index contributed by atoms with van der Waals surface area (Å²) in [6, 6.07) is 12.7. The van der Waals surface area contributed by atoms with Crippen molar-refractivity contribution in [1.29, 1.82) is 0 Å². The molecule has 5 nitrogen and oxygen atoms in total. The van der Waals surface area contributed by atoms with Crippen LogP contribution in [0.5, 0.6) is 5.75 Å². The quantitative estimate of drug-likeness (QED) is 0.879. The molecule has 2 amide bonds. The van der Waals surface area contributed by atoms with E-state index in [2.05, 4.69) is 11.4 Å². The first-order valence-corrected chi connectivity index (χ1v) is 8.53. The lowest BCUT2D eigenvalue weighted by molar-refractivity contribution is -0.122. The topological polar surface area (TPSA) is 81.4 Å². The van der Waals surface area contributed by atoms with Crippen molar-refractivity contribution in [1.82, 2.24) is 0 Å². The van der Waals surface area contributed by atoms with Gasteiger partial charge in [-0.2, -0.15) is 0 Å². The number of hydrogen-bond donors (Lipinski definition) is 2. The summed E-state index contributed by atoms with van der Waals surface area (Å²) < 4.78 is 5.92. The van der Waals surface area contributed by atoms with E-state index in [1.165, 1.54) is 17.5 Å². The fourth-order valence-electron chi connectivity index (χ4n) is 3.14. The molecule has 3 N–H and O–H groups in total. The summed E-state index contributed by atoms with van der Waals surface area (Å²) >= 11 is 0. The lowest BCUT2D eigenvalue weighted by atomic mass is 9.91. The van der Waals surface area contributed by atoms with E-state index in [0.29, 0.717) is 5.69 Å². The maximum Gasteiger partial charge on any atom is 0.265 e. The summed E-state index contributed by atoms with van der Waals surface area (Å²) in [5.41, 5.74) is 8.52. The van der Waals surface area contributed by atoms with Crippen LogP contribution in [0.4, 0.5) is 5.69 Å². The number of amides is 2.